The molecular formula is C11H20N2O. The minimum absolute atomic E-state index is 0.147. The van der Waals surface area contributed by atoms with Gasteiger partial charge in [0.05, 0.1) is 5.60 Å². The Hall–Kier alpha value is -0.120. The van der Waals surface area contributed by atoms with E-state index in [0.717, 1.165) is 31.9 Å². The Morgan fingerprint density at radius 2 is 2.00 bits per heavy atom. The van der Waals surface area contributed by atoms with Crippen molar-refractivity contribution in [3.8, 4) is 0 Å². The molecule has 3 heteroatoms. The van der Waals surface area contributed by atoms with Crippen molar-refractivity contribution in [2.45, 2.75) is 37.3 Å². The Morgan fingerprint density at radius 1 is 1.21 bits per heavy atom. The molecule has 0 unspecified atom stereocenters. The van der Waals surface area contributed by atoms with Gasteiger partial charge < -0.3 is 15.4 Å². The zero-order valence-electron chi connectivity index (χ0n) is 8.74. The Bertz CT molecular complexity index is 221. The average Bonchev–Trinajstić information content (AvgIpc) is 2.18. The summed E-state index contributed by atoms with van der Waals surface area (Å²) in [6.45, 7) is 4.59. The molecule has 4 aliphatic rings. The van der Waals surface area contributed by atoms with Crippen LogP contribution in [0.2, 0.25) is 0 Å². The first-order chi connectivity index (χ1) is 6.78. The van der Waals surface area contributed by atoms with Crippen molar-refractivity contribution in [3.63, 3.8) is 0 Å². The van der Waals surface area contributed by atoms with Gasteiger partial charge in [-0.2, -0.15) is 0 Å². The Labute approximate surface area is 85.6 Å². The van der Waals surface area contributed by atoms with Crippen molar-refractivity contribution in [3.05, 3.63) is 0 Å². The second-order valence-electron chi connectivity index (χ2n) is 5.22. The minimum Gasteiger partial charge on any atom is -0.373 e. The number of rotatable bonds is 0. The molecule has 4 saturated heterocycles. The molecule has 4 heterocycles. The Kier molecular flexibility index (Phi) is 2.08. The number of piperidine rings is 3. The summed E-state index contributed by atoms with van der Waals surface area (Å²) >= 11 is 0. The van der Waals surface area contributed by atoms with Crippen LogP contribution >= 0.6 is 0 Å². The minimum atomic E-state index is 0.147. The molecule has 0 radical (unpaired) electrons. The summed E-state index contributed by atoms with van der Waals surface area (Å²) in [5, 5.41) is 0. The van der Waals surface area contributed by atoms with Crippen LogP contribution in [-0.4, -0.2) is 42.8 Å². The van der Waals surface area contributed by atoms with Crippen LogP contribution in [0, 0.1) is 5.92 Å². The summed E-state index contributed by atoms with van der Waals surface area (Å²) in [7, 11) is 0. The fourth-order valence-electron chi connectivity index (χ4n) is 3.54. The second kappa shape index (κ2) is 3.19. The van der Waals surface area contributed by atoms with Crippen molar-refractivity contribution in [1.29, 1.82) is 0 Å². The van der Waals surface area contributed by atoms with Crippen molar-refractivity contribution in [1.82, 2.24) is 4.90 Å². The lowest BCUT2D eigenvalue weighted by Gasteiger charge is -2.55. The third-order valence-corrected chi connectivity index (χ3v) is 4.31. The molecule has 0 aromatic heterocycles. The summed E-state index contributed by atoms with van der Waals surface area (Å²) < 4.78 is 6.09. The monoisotopic (exact) mass is 196 g/mol. The highest BCUT2D eigenvalue weighted by atomic mass is 16.5. The van der Waals surface area contributed by atoms with Crippen LogP contribution in [-0.2, 0) is 4.74 Å². The summed E-state index contributed by atoms with van der Waals surface area (Å²) in [5.41, 5.74) is 6.22. The van der Waals surface area contributed by atoms with E-state index in [2.05, 4.69) is 4.90 Å². The molecule has 4 aliphatic heterocycles. The smallest absolute Gasteiger partial charge is 0.0852 e. The van der Waals surface area contributed by atoms with Gasteiger partial charge in [-0.1, -0.05) is 0 Å². The van der Waals surface area contributed by atoms with Crippen LogP contribution in [0.5, 0.6) is 0 Å². The van der Waals surface area contributed by atoms with E-state index in [1.165, 1.54) is 25.9 Å². The zero-order chi connectivity index (χ0) is 9.60. The summed E-state index contributed by atoms with van der Waals surface area (Å²) in [4.78, 5) is 2.55. The lowest BCUT2D eigenvalue weighted by Crippen LogP contribution is -2.63. The summed E-state index contributed by atoms with van der Waals surface area (Å²) in [5.74, 6) is 0.791. The van der Waals surface area contributed by atoms with Gasteiger partial charge >= 0.3 is 0 Å². The first-order valence-electron chi connectivity index (χ1n) is 5.90. The number of fused-ring (bicyclic) bond motifs is 2. The molecule has 0 saturated carbocycles. The van der Waals surface area contributed by atoms with Gasteiger partial charge in [0.2, 0.25) is 0 Å². The number of hydrogen-bond acceptors (Lipinski definition) is 3. The third-order valence-electron chi connectivity index (χ3n) is 4.31. The van der Waals surface area contributed by atoms with E-state index in [1.54, 1.807) is 0 Å². The van der Waals surface area contributed by atoms with Gasteiger partial charge in [0, 0.05) is 19.2 Å². The molecule has 3 nitrogen and oxygen atoms in total. The highest BCUT2D eigenvalue weighted by molar-refractivity contribution is 5.02. The van der Waals surface area contributed by atoms with Crippen molar-refractivity contribution < 1.29 is 4.74 Å². The quantitative estimate of drug-likeness (QED) is 0.616. The third kappa shape index (κ3) is 1.30. The van der Waals surface area contributed by atoms with Gasteiger partial charge in [0.25, 0.3) is 0 Å². The van der Waals surface area contributed by atoms with Crippen molar-refractivity contribution in [2.75, 3.05) is 26.2 Å². The molecule has 2 atom stereocenters. The molecule has 2 N–H and O–H groups in total. The SMILES string of the molecule is N[C@@H]1CCO[C@@]2(C1)CN1CCC2CC1. The average molecular weight is 196 g/mol. The molecule has 2 bridgehead atoms. The highest BCUT2D eigenvalue weighted by Gasteiger charge is 2.49. The van der Waals surface area contributed by atoms with Crippen LogP contribution in [0.15, 0.2) is 0 Å². The molecule has 0 amide bonds. The first-order valence-corrected chi connectivity index (χ1v) is 5.90. The zero-order valence-corrected chi connectivity index (χ0v) is 8.74. The molecule has 4 fully saturated rings. The van der Waals surface area contributed by atoms with Crippen LogP contribution < -0.4 is 5.73 Å². The largest absolute Gasteiger partial charge is 0.373 e. The van der Waals surface area contributed by atoms with Gasteiger partial charge in [0.15, 0.2) is 0 Å². The number of nitrogens with zero attached hydrogens (tertiary/aromatic N) is 1. The summed E-state index contributed by atoms with van der Waals surface area (Å²) in [6.07, 6.45) is 4.79. The molecule has 14 heavy (non-hydrogen) atoms. The molecule has 0 aromatic rings. The van der Waals surface area contributed by atoms with Gasteiger partial charge in [-0.15, -0.1) is 0 Å². The van der Waals surface area contributed by atoms with Crippen molar-refractivity contribution >= 4 is 0 Å². The summed E-state index contributed by atoms with van der Waals surface area (Å²) in [6, 6.07) is 0.379. The number of hydrogen-bond donors (Lipinski definition) is 1. The van der Waals surface area contributed by atoms with E-state index in [1.807, 2.05) is 0 Å². The fourth-order valence-corrected chi connectivity index (χ4v) is 3.54. The normalized spacial score (nSPS) is 52.5. The van der Waals surface area contributed by atoms with E-state index in [0.29, 0.717) is 6.04 Å². The van der Waals surface area contributed by atoms with Crippen LogP contribution in [0.1, 0.15) is 25.7 Å². The molecule has 1 spiro atoms. The lowest BCUT2D eigenvalue weighted by molar-refractivity contribution is -0.177. The van der Waals surface area contributed by atoms with Crippen LogP contribution in [0.4, 0.5) is 0 Å². The van der Waals surface area contributed by atoms with E-state index >= 15 is 0 Å². The lowest BCUT2D eigenvalue weighted by atomic mass is 9.71. The van der Waals surface area contributed by atoms with Crippen LogP contribution in [0.25, 0.3) is 0 Å². The predicted octanol–water partition coefficient (Wildman–Crippen LogP) is 0.588. The van der Waals surface area contributed by atoms with Crippen LogP contribution in [0.3, 0.4) is 0 Å². The standard InChI is InChI=1S/C11H20N2O/c12-10-3-6-14-11(7-10)8-13-4-1-9(11)2-5-13/h9-10H,1-8,12H2/t10-,11+/m1/s1. The van der Waals surface area contributed by atoms with Gasteiger partial charge in [-0.05, 0) is 44.7 Å². The van der Waals surface area contributed by atoms with E-state index in [-0.39, 0.29) is 5.60 Å². The second-order valence-corrected chi connectivity index (χ2v) is 5.22. The number of ether oxygens (including phenoxy) is 1. The van der Waals surface area contributed by atoms with E-state index in [4.69, 9.17) is 10.5 Å². The van der Waals surface area contributed by atoms with E-state index in [9.17, 15) is 0 Å². The topological polar surface area (TPSA) is 38.5 Å². The number of nitrogens with two attached hydrogens (primary N) is 1. The molecule has 0 aromatic carbocycles. The maximum absolute atomic E-state index is 6.09. The van der Waals surface area contributed by atoms with Crippen molar-refractivity contribution in [2.24, 2.45) is 11.7 Å². The maximum Gasteiger partial charge on any atom is 0.0852 e. The maximum atomic E-state index is 6.09. The van der Waals surface area contributed by atoms with Gasteiger partial charge in [-0.25, -0.2) is 0 Å². The Morgan fingerprint density at radius 3 is 2.57 bits per heavy atom. The highest BCUT2D eigenvalue weighted by Crippen LogP contribution is 2.42. The van der Waals surface area contributed by atoms with Gasteiger partial charge in [-0.3, -0.25) is 0 Å². The molecule has 4 rings (SSSR count). The molecule has 80 valence electrons. The molecule has 0 aliphatic carbocycles. The predicted molar refractivity (Wildman–Crippen MR) is 55.1 cm³/mol. The van der Waals surface area contributed by atoms with E-state index < -0.39 is 0 Å². The fraction of sp³-hybridized carbons (Fsp3) is 1.00. The molecular weight excluding hydrogens is 176 g/mol. The van der Waals surface area contributed by atoms with Gasteiger partial charge in [0.1, 0.15) is 0 Å². The Balaban J connectivity index is 1.81. The first kappa shape index (κ1) is 9.13.